The Morgan fingerprint density at radius 2 is 1.83 bits per heavy atom. The molecule has 0 heterocycles. The smallest absolute Gasteiger partial charge is 0.322 e. The Bertz CT molecular complexity index is 768. The van der Waals surface area contributed by atoms with Crippen LogP contribution in [0.25, 0.3) is 0 Å². The fourth-order valence-corrected chi connectivity index (χ4v) is 3.71. The minimum atomic E-state index is -4.38. The molecule has 0 atom stereocenters. The number of primary amides is 1. The molecular formula is C12H13Cl2N3O6S. The first-order chi connectivity index (χ1) is 11.1. The van der Waals surface area contributed by atoms with Crippen LogP contribution in [0.2, 0.25) is 10.0 Å². The average molecular weight is 398 g/mol. The van der Waals surface area contributed by atoms with Gasteiger partial charge in [0.2, 0.25) is 21.8 Å². The molecule has 2 amide bonds. The Hall–Kier alpha value is -1.88. The van der Waals surface area contributed by atoms with E-state index in [4.69, 9.17) is 34.0 Å². The van der Waals surface area contributed by atoms with Gasteiger partial charge in [0.1, 0.15) is 11.4 Å². The van der Waals surface area contributed by atoms with Gasteiger partial charge < -0.3 is 16.2 Å². The number of carboxylic acid groups (broad SMARTS) is 1. The van der Waals surface area contributed by atoms with Gasteiger partial charge in [0.05, 0.1) is 23.1 Å². The highest BCUT2D eigenvalue weighted by atomic mass is 35.5. The summed E-state index contributed by atoms with van der Waals surface area (Å²) in [7, 11) is -4.38. The van der Waals surface area contributed by atoms with Crippen molar-refractivity contribution in [2.45, 2.75) is 4.90 Å². The third-order valence-electron chi connectivity index (χ3n) is 2.62. The Morgan fingerprint density at radius 3 is 2.38 bits per heavy atom. The number of hydrogen-bond acceptors (Lipinski definition) is 5. The largest absolute Gasteiger partial charge is 0.480 e. The number of amides is 2. The molecule has 1 aromatic carbocycles. The summed E-state index contributed by atoms with van der Waals surface area (Å²) in [6, 6.07) is 3.83. The van der Waals surface area contributed by atoms with E-state index in [0.717, 1.165) is 6.07 Å². The summed E-state index contributed by atoms with van der Waals surface area (Å²) in [4.78, 5) is 32.8. The van der Waals surface area contributed by atoms with E-state index >= 15 is 0 Å². The first-order valence-corrected chi connectivity index (χ1v) is 8.46. The number of nitrogens with zero attached hydrogens (tertiary/aromatic N) is 1. The predicted octanol–water partition coefficient (Wildman–Crippen LogP) is -0.330. The molecule has 0 aliphatic heterocycles. The first-order valence-electron chi connectivity index (χ1n) is 6.26. The number of halogens is 2. The highest BCUT2D eigenvalue weighted by Gasteiger charge is 2.30. The second-order valence-electron chi connectivity index (χ2n) is 4.46. The van der Waals surface area contributed by atoms with Crippen LogP contribution in [0.3, 0.4) is 0 Å². The molecule has 0 unspecified atom stereocenters. The zero-order valence-corrected chi connectivity index (χ0v) is 14.4. The number of benzene rings is 1. The molecule has 0 aliphatic rings. The molecule has 9 nitrogen and oxygen atoms in total. The third-order valence-corrected chi connectivity index (χ3v) is 5.39. The van der Waals surface area contributed by atoms with Crippen molar-refractivity contribution in [1.29, 1.82) is 0 Å². The molecule has 12 heteroatoms. The minimum Gasteiger partial charge on any atom is -0.480 e. The van der Waals surface area contributed by atoms with Crippen molar-refractivity contribution in [3.05, 3.63) is 28.2 Å². The van der Waals surface area contributed by atoms with Crippen LogP contribution < -0.4 is 11.1 Å². The summed E-state index contributed by atoms with van der Waals surface area (Å²) in [5.41, 5.74) is 5.00. The molecule has 0 saturated heterocycles. The van der Waals surface area contributed by atoms with Gasteiger partial charge in [-0.2, -0.15) is 4.31 Å². The van der Waals surface area contributed by atoms with Crippen LogP contribution in [0.5, 0.6) is 0 Å². The molecule has 24 heavy (non-hydrogen) atoms. The lowest BCUT2D eigenvalue weighted by atomic mass is 10.4. The van der Waals surface area contributed by atoms with Gasteiger partial charge in [-0.15, -0.1) is 0 Å². The molecule has 0 fully saturated rings. The molecule has 1 rings (SSSR count). The van der Waals surface area contributed by atoms with E-state index in [9.17, 15) is 22.8 Å². The Morgan fingerprint density at radius 1 is 1.21 bits per heavy atom. The second-order valence-corrected chi connectivity index (χ2v) is 7.15. The second kappa shape index (κ2) is 8.29. The number of sulfonamides is 1. The molecule has 0 saturated carbocycles. The summed E-state index contributed by atoms with van der Waals surface area (Å²) in [5, 5.41) is 10.2. The number of carboxylic acids is 1. The van der Waals surface area contributed by atoms with Crippen LogP contribution in [-0.2, 0) is 24.4 Å². The molecule has 0 radical (unpaired) electrons. The van der Waals surface area contributed by atoms with Crippen LogP contribution in [0.15, 0.2) is 23.1 Å². The van der Waals surface area contributed by atoms with Gasteiger partial charge in [-0.1, -0.05) is 29.3 Å². The molecule has 0 aromatic heterocycles. The van der Waals surface area contributed by atoms with Gasteiger partial charge in [0, 0.05) is 0 Å². The number of carbonyl (C=O) groups is 3. The maximum absolute atomic E-state index is 12.6. The number of aliphatic carboxylic acids is 1. The number of hydrogen-bond donors (Lipinski definition) is 3. The van der Waals surface area contributed by atoms with Crippen molar-refractivity contribution in [1.82, 2.24) is 9.62 Å². The van der Waals surface area contributed by atoms with Crippen molar-refractivity contribution >= 4 is 51.0 Å². The Kier molecular flexibility index (Phi) is 6.96. The summed E-state index contributed by atoms with van der Waals surface area (Å²) < 4.78 is 25.7. The maximum Gasteiger partial charge on any atom is 0.322 e. The van der Waals surface area contributed by atoms with E-state index < -0.39 is 52.3 Å². The number of carbonyl (C=O) groups excluding carboxylic acids is 2. The van der Waals surface area contributed by atoms with Crippen molar-refractivity contribution in [2.75, 3.05) is 19.6 Å². The lowest BCUT2D eigenvalue weighted by Gasteiger charge is -2.21. The van der Waals surface area contributed by atoms with Crippen LogP contribution >= 0.6 is 23.2 Å². The predicted molar refractivity (Wildman–Crippen MR) is 85.1 cm³/mol. The zero-order chi connectivity index (χ0) is 18.5. The van der Waals surface area contributed by atoms with Gasteiger partial charge in [-0.05, 0) is 12.1 Å². The molecule has 0 spiro atoms. The topological polar surface area (TPSA) is 147 Å². The Labute approximate surface area is 147 Å². The van der Waals surface area contributed by atoms with Crippen molar-refractivity contribution in [2.24, 2.45) is 5.73 Å². The molecule has 0 bridgehead atoms. The number of nitrogens with two attached hydrogens (primary N) is 1. The quantitative estimate of drug-likeness (QED) is 0.546. The van der Waals surface area contributed by atoms with E-state index in [1.165, 1.54) is 12.1 Å². The lowest BCUT2D eigenvalue weighted by molar-refractivity contribution is -0.138. The molecular weight excluding hydrogens is 385 g/mol. The number of rotatable bonds is 8. The maximum atomic E-state index is 12.6. The van der Waals surface area contributed by atoms with Gasteiger partial charge in [-0.3, -0.25) is 14.4 Å². The van der Waals surface area contributed by atoms with Crippen LogP contribution in [0.1, 0.15) is 0 Å². The lowest BCUT2D eigenvalue weighted by Crippen LogP contribution is -2.45. The monoisotopic (exact) mass is 397 g/mol. The van der Waals surface area contributed by atoms with Gasteiger partial charge in [0.25, 0.3) is 0 Å². The van der Waals surface area contributed by atoms with Crippen LogP contribution in [0, 0.1) is 0 Å². The molecule has 1 aromatic rings. The Balaban J connectivity index is 3.14. The average Bonchev–Trinajstić information content (AvgIpc) is 2.46. The van der Waals surface area contributed by atoms with E-state index in [-0.39, 0.29) is 10.0 Å². The summed E-state index contributed by atoms with van der Waals surface area (Å²) >= 11 is 11.6. The van der Waals surface area contributed by atoms with E-state index in [1.54, 1.807) is 0 Å². The third kappa shape index (κ3) is 5.34. The van der Waals surface area contributed by atoms with Gasteiger partial charge in [0.15, 0.2) is 0 Å². The molecule has 132 valence electrons. The van der Waals surface area contributed by atoms with Crippen LogP contribution in [-0.4, -0.2) is 55.2 Å². The summed E-state index contributed by atoms with van der Waals surface area (Å²) in [5.74, 6) is -3.26. The van der Waals surface area contributed by atoms with Crippen LogP contribution in [0.4, 0.5) is 0 Å². The summed E-state index contributed by atoms with van der Waals surface area (Å²) in [6.45, 7) is -2.33. The fourth-order valence-electron chi connectivity index (χ4n) is 1.61. The van der Waals surface area contributed by atoms with E-state index in [1.807, 2.05) is 5.32 Å². The highest BCUT2D eigenvalue weighted by Crippen LogP contribution is 2.30. The van der Waals surface area contributed by atoms with Gasteiger partial charge in [-0.25, -0.2) is 8.42 Å². The minimum absolute atomic E-state index is 0.0351. The number of nitrogens with one attached hydrogen (secondary N) is 1. The van der Waals surface area contributed by atoms with Crippen molar-refractivity contribution in [3.63, 3.8) is 0 Å². The van der Waals surface area contributed by atoms with E-state index in [0.29, 0.717) is 4.31 Å². The SMILES string of the molecule is NC(=O)CN(CC(=O)NCC(=O)O)S(=O)(=O)c1cccc(Cl)c1Cl. The summed E-state index contributed by atoms with van der Waals surface area (Å²) in [6.07, 6.45) is 0. The normalized spacial score (nSPS) is 11.3. The van der Waals surface area contributed by atoms with Crippen molar-refractivity contribution < 1.29 is 27.9 Å². The van der Waals surface area contributed by atoms with E-state index in [2.05, 4.69) is 0 Å². The highest BCUT2D eigenvalue weighted by molar-refractivity contribution is 7.89. The molecule has 0 aliphatic carbocycles. The van der Waals surface area contributed by atoms with Gasteiger partial charge >= 0.3 is 5.97 Å². The molecule has 4 N–H and O–H groups in total. The zero-order valence-electron chi connectivity index (χ0n) is 12.0. The first kappa shape index (κ1) is 20.2. The van der Waals surface area contributed by atoms with Crippen molar-refractivity contribution in [3.8, 4) is 0 Å². The fraction of sp³-hybridized carbons (Fsp3) is 0.250. The standard InChI is InChI=1S/C12H13Cl2N3O6S/c13-7-2-1-3-8(12(7)14)24(22,23)17(5-9(15)18)6-10(19)16-4-11(20)21/h1-3H,4-6H2,(H2,15,18)(H,16,19)(H,20,21).